The summed E-state index contributed by atoms with van der Waals surface area (Å²) >= 11 is 0. The van der Waals surface area contributed by atoms with Gasteiger partial charge in [-0.15, -0.1) is 0 Å². The van der Waals surface area contributed by atoms with E-state index in [1.54, 1.807) is 12.1 Å². The Balaban J connectivity index is 0.000000940. The van der Waals surface area contributed by atoms with Crippen molar-refractivity contribution in [3.05, 3.63) is 65.2 Å². The number of nitrogens with zero attached hydrogens (tertiary/aromatic N) is 3. The van der Waals surface area contributed by atoms with E-state index in [-0.39, 0.29) is 47.9 Å². The van der Waals surface area contributed by atoms with Crippen LogP contribution in [0.2, 0.25) is 0 Å². The van der Waals surface area contributed by atoms with Gasteiger partial charge in [0.25, 0.3) is 0 Å². The molecule has 4 aliphatic rings. The summed E-state index contributed by atoms with van der Waals surface area (Å²) in [5, 5.41) is 10.4. The van der Waals surface area contributed by atoms with Crippen LogP contribution in [0.1, 0.15) is 83.9 Å². The summed E-state index contributed by atoms with van der Waals surface area (Å²) in [6, 6.07) is 14.2. The number of hydrogen-bond donors (Lipinski definition) is 2. The third kappa shape index (κ3) is 12.3. The predicted octanol–water partition coefficient (Wildman–Crippen LogP) is 7.38. The van der Waals surface area contributed by atoms with Crippen molar-refractivity contribution in [2.24, 2.45) is 28.6 Å². The van der Waals surface area contributed by atoms with Crippen LogP contribution in [0.5, 0.6) is 5.75 Å². The summed E-state index contributed by atoms with van der Waals surface area (Å²) < 4.78 is 91.4. The molecule has 320 valence electrons. The number of aliphatic carboxylic acids is 1. The van der Waals surface area contributed by atoms with E-state index in [0.29, 0.717) is 41.8 Å². The fourth-order valence-electron chi connectivity index (χ4n) is 8.86. The highest BCUT2D eigenvalue weighted by Gasteiger charge is 2.57. The molecule has 4 fully saturated rings. The van der Waals surface area contributed by atoms with Gasteiger partial charge in [-0.05, 0) is 85.6 Å². The minimum Gasteiger partial charge on any atom is -0.475 e. The second-order valence-electron chi connectivity index (χ2n) is 17.9. The molecule has 6 rings (SSSR count). The third-order valence-corrected chi connectivity index (χ3v) is 13.6. The SMILES string of the molecule is C[C@@H]1[C@@H](NC(=O)C2CCS(=O)(=O)N2Cc2cccc(CN(Cc3ccccc3OC(F)F)[C@H](CN(C)C)CC(C)(C)C)c2)C[C@H]2C[C@@H]1C2(C)C.O=C(O)C(F)(F)F. The maximum atomic E-state index is 13.7. The molecule has 3 aliphatic carbocycles. The molecular weight excluding hydrogens is 772 g/mol. The van der Waals surface area contributed by atoms with Gasteiger partial charge in [0.2, 0.25) is 15.9 Å². The van der Waals surface area contributed by atoms with Gasteiger partial charge in [-0.2, -0.15) is 26.3 Å². The third-order valence-electron chi connectivity index (χ3n) is 11.8. The molecule has 2 N–H and O–H groups in total. The second kappa shape index (κ2) is 18.3. The van der Waals surface area contributed by atoms with E-state index in [1.165, 1.54) is 10.7 Å². The molecule has 2 aromatic rings. The number of halogens is 5. The van der Waals surface area contributed by atoms with Crippen LogP contribution in [-0.2, 0) is 39.2 Å². The van der Waals surface area contributed by atoms with Crippen molar-refractivity contribution in [3.63, 3.8) is 0 Å². The van der Waals surface area contributed by atoms with Crippen LogP contribution >= 0.6 is 0 Å². The Morgan fingerprint density at radius 1 is 1.02 bits per heavy atom. The standard InChI is InChI=1S/C39H58F2N4O4S.C2HF3O2/c1-26-32-19-30(39(32,5)6)20-33(26)42-36(46)34-16-17-50(47,48)45(34)23-28-13-11-12-27(18-28)22-44(31(25-43(7)8)21-38(2,3)4)24-29-14-9-10-15-35(29)49-37(40)41;3-2(4,5)1(6)7/h9-15,18,26,30-34,37H,16-17,19-25H2,1-8H3,(H,42,46);(H,6,7)/t26-,30+,31-,32-,33-,34?;/m0./s1. The number of fused-ring (bicyclic) bond motifs is 2. The van der Waals surface area contributed by atoms with Gasteiger partial charge in [-0.1, -0.05) is 84.0 Å². The zero-order valence-corrected chi connectivity index (χ0v) is 35.0. The molecule has 1 aliphatic heterocycles. The van der Waals surface area contributed by atoms with E-state index in [0.717, 1.165) is 30.5 Å². The number of benzene rings is 2. The van der Waals surface area contributed by atoms with Crippen LogP contribution in [0.3, 0.4) is 0 Å². The van der Waals surface area contributed by atoms with Crippen molar-refractivity contribution < 1.29 is 49.8 Å². The average molecular weight is 831 g/mol. The summed E-state index contributed by atoms with van der Waals surface area (Å²) in [6.07, 6.45) is -1.79. The summed E-state index contributed by atoms with van der Waals surface area (Å²) in [7, 11) is 0.451. The van der Waals surface area contributed by atoms with E-state index in [2.05, 4.69) is 56.7 Å². The summed E-state index contributed by atoms with van der Waals surface area (Å²) in [5.41, 5.74) is 2.76. The van der Waals surface area contributed by atoms with Gasteiger partial charge in [0.1, 0.15) is 11.8 Å². The number of nitrogens with one attached hydrogen (secondary N) is 1. The Kier molecular flexibility index (Phi) is 14.9. The first-order chi connectivity index (χ1) is 26.3. The number of amides is 1. The largest absolute Gasteiger partial charge is 0.490 e. The number of alkyl halides is 5. The Morgan fingerprint density at radius 3 is 2.21 bits per heavy atom. The van der Waals surface area contributed by atoms with Crippen LogP contribution in [0, 0.1) is 28.6 Å². The maximum Gasteiger partial charge on any atom is 0.490 e. The quantitative estimate of drug-likeness (QED) is 0.190. The smallest absolute Gasteiger partial charge is 0.475 e. The molecule has 57 heavy (non-hydrogen) atoms. The van der Waals surface area contributed by atoms with Crippen molar-refractivity contribution in [3.8, 4) is 5.75 Å². The lowest BCUT2D eigenvalue weighted by Crippen LogP contribution is -2.61. The summed E-state index contributed by atoms with van der Waals surface area (Å²) in [6.45, 7) is 12.3. The van der Waals surface area contributed by atoms with E-state index in [9.17, 15) is 35.2 Å². The number of carbonyl (C=O) groups is 2. The molecule has 1 amide bonds. The van der Waals surface area contributed by atoms with Crippen LogP contribution in [-0.4, -0.2) is 96.8 Å². The van der Waals surface area contributed by atoms with Gasteiger partial charge < -0.3 is 20.1 Å². The number of carboxylic acids is 1. The number of para-hydroxylation sites is 1. The molecule has 2 aromatic carbocycles. The monoisotopic (exact) mass is 830 g/mol. The topological polar surface area (TPSA) is 119 Å². The van der Waals surface area contributed by atoms with Crippen molar-refractivity contribution in [2.75, 3.05) is 26.4 Å². The lowest BCUT2D eigenvalue weighted by molar-refractivity contribution is -0.192. The van der Waals surface area contributed by atoms with Gasteiger partial charge in [0.05, 0.1) is 5.75 Å². The molecule has 10 nitrogen and oxygen atoms in total. The highest BCUT2D eigenvalue weighted by atomic mass is 32.2. The van der Waals surface area contributed by atoms with Crippen LogP contribution in [0.4, 0.5) is 22.0 Å². The number of ether oxygens (including phenoxy) is 1. The average Bonchev–Trinajstić information content (AvgIpc) is 3.37. The molecule has 6 atom stereocenters. The molecular formula is C41H59F5N4O6S. The lowest BCUT2D eigenvalue weighted by atomic mass is 9.45. The highest BCUT2D eigenvalue weighted by molar-refractivity contribution is 7.89. The zero-order valence-electron chi connectivity index (χ0n) is 34.2. The fraction of sp³-hybridized carbons (Fsp3) is 0.659. The van der Waals surface area contributed by atoms with Crippen molar-refractivity contribution >= 4 is 21.9 Å². The molecule has 0 radical (unpaired) electrons. The van der Waals surface area contributed by atoms with Gasteiger partial charge in [-0.3, -0.25) is 9.69 Å². The lowest BCUT2D eigenvalue weighted by Gasteiger charge is -2.62. The van der Waals surface area contributed by atoms with Gasteiger partial charge in [-0.25, -0.2) is 13.2 Å². The first kappa shape index (κ1) is 46.4. The summed E-state index contributed by atoms with van der Waals surface area (Å²) in [5.74, 6) is -1.32. The molecule has 1 unspecified atom stereocenters. The Hall–Kier alpha value is -3.34. The maximum absolute atomic E-state index is 13.7. The minimum absolute atomic E-state index is 0.00548. The van der Waals surface area contributed by atoms with E-state index >= 15 is 0 Å². The molecule has 0 spiro atoms. The highest BCUT2D eigenvalue weighted by Crippen LogP contribution is 2.61. The molecule has 3 saturated carbocycles. The van der Waals surface area contributed by atoms with Gasteiger partial charge >= 0.3 is 18.8 Å². The van der Waals surface area contributed by atoms with E-state index in [1.807, 2.05) is 50.5 Å². The van der Waals surface area contributed by atoms with Crippen LogP contribution in [0.25, 0.3) is 0 Å². The number of carboxylic acid groups (broad SMARTS) is 1. The van der Waals surface area contributed by atoms with Gasteiger partial charge in [0, 0.05) is 43.8 Å². The minimum atomic E-state index is -5.08. The molecule has 1 saturated heterocycles. The van der Waals surface area contributed by atoms with Crippen LogP contribution < -0.4 is 10.1 Å². The fourth-order valence-corrected chi connectivity index (χ4v) is 10.6. The molecule has 0 aromatic heterocycles. The predicted molar refractivity (Wildman–Crippen MR) is 208 cm³/mol. The Labute approximate surface area is 334 Å². The zero-order chi connectivity index (χ0) is 42.7. The van der Waals surface area contributed by atoms with Crippen molar-refractivity contribution in [2.45, 2.75) is 118 Å². The van der Waals surface area contributed by atoms with Crippen molar-refractivity contribution in [1.29, 1.82) is 0 Å². The number of carbonyl (C=O) groups excluding carboxylic acids is 1. The number of likely N-dealkylation sites (N-methyl/N-ethyl adjacent to an activating group) is 1. The second-order valence-corrected chi connectivity index (χ2v) is 20.0. The molecule has 16 heteroatoms. The number of rotatable bonds is 14. The first-order valence-corrected chi connectivity index (χ1v) is 21.0. The van der Waals surface area contributed by atoms with E-state index in [4.69, 9.17) is 14.6 Å². The van der Waals surface area contributed by atoms with E-state index < -0.39 is 34.8 Å². The molecule has 1 heterocycles. The van der Waals surface area contributed by atoms with Crippen molar-refractivity contribution in [1.82, 2.24) is 19.4 Å². The number of hydrogen-bond acceptors (Lipinski definition) is 7. The Morgan fingerprint density at radius 2 is 1.65 bits per heavy atom. The number of sulfonamides is 1. The van der Waals surface area contributed by atoms with Gasteiger partial charge in [0.15, 0.2) is 0 Å². The van der Waals surface area contributed by atoms with Crippen LogP contribution in [0.15, 0.2) is 48.5 Å². The Bertz CT molecular complexity index is 1800. The summed E-state index contributed by atoms with van der Waals surface area (Å²) in [4.78, 5) is 27.0. The first-order valence-electron chi connectivity index (χ1n) is 19.4. The molecule has 2 bridgehead atoms. The normalized spacial score (nSPS) is 24.7.